The summed E-state index contributed by atoms with van der Waals surface area (Å²) in [5, 5.41) is 0. The number of anilines is 1. The quantitative estimate of drug-likeness (QED) is 0.449. The molecule has 0 N–H and O–H groups in total. The Morgan fingerprint density at radius 3 is 2.18 bits per heavy atom. The van der Waals surface area contributed by atoms with Crippen molar-refractivity contribution in [3.8, 4) is 0 Å². The summed E-state index contributed by atoms with van der Waals surface area (Å²) in [6, 6.07) is 23.0. The molecule has 0 saturated carbocycles. The van der Waals surface area contributed by atoms with Crippen molar-refractivity contribution in [3.63, 3.8) is 0 Å². The van der Waals surface area contributed by atoms with Gasteiger partial charge in [0.1, 0.15) is 0 Å². The van der Waals surface area contributed by atoms with Gasteiger partial charge in [0.2, 0.25) is 11.8 Å². The van der Waals surface area contributed by atoms with E-state index in [4.69, 9.17) is 4.74 Å². The lowest BCUT2D eigenvalue weighted by atomic mass is 9.48. The lowest BCUT2D eigenvalue weighted by Crippen LogP contribution is -2.51. The number of imide groups is 1. The molecule has 1 saturated heterocycles. The van der Waals surface area contributed by atoms with Crippen LogP contribution in [-0.4, -0.2) is 24.4 Å². The van der Waals surface area contributed by atoms with Crippen molar-refractivity contribution in [1.29, 1.82) is 0 Å². The molecule has 164 valence electrons. The van der Waals surface area contributed by atoms with Crippen molar-refractivity contribution in [2.75, 3.05) is 11.5 Å². The minimum absolute atomic E-state index is 0.168. The van der Waals surface area contributed by atoms with Gasteiger partial charge in [0.05, 0.1) is 29.7 Å². The Kier molecular flexibility index (Phi) is 4.15. The molecule has 2 amide bonds. The van der Waals surface area contributed by atoms with Crippen LogP contribution in [0.4, 0.5) is 5.69 Å². The Morgan fingerprint density at radius 2 is 1.55 bits per heavy atom. The van der Waals surface area contributed by atoms with Gasteiger partial charge in [-0.3, -0.25) is 9.59 Å². The first kappa shape index (κ1) is 19.9. The minimum Gasteiger partial charge on any atom is -0.462 e. The predicted molar refractivity (Wildman–Crippen MR) is 123 cm³/mol. The van der Waals surface area contributed by atoms with Crippen molar-refractivity contribution >= 4 is 23.5 Å². The van der Waals surface area contributed by atoms with E-state index < -0.39 is 23.2 Å². The molecule has 5 nitrogen and oxygen atoms in total. The second kappa shape index (κ2) is 6.88. The molecule has 7 rings (SSSR count). The smallest absolute Gasteiger partial charge is 0.338 e. The first-order chi connectivity index (χ1) is 16.0. The highest BCUT2D eigenvalue weighted by Gasteiger charge is 2.66. The van der Waals surface area contributed by atoms with Gasteiger partial charge in [-0.15, -0.1) is 0 Å². The number of rotatable bonds is 3. The molecule has 0 aromatic heterocycles. The number of benzene rings is 3. The Balaban J connectivity index is 1.52. The van der Waals surface area contributed by atoms with Gasteiger partial charge in [-0.05, 0) is 47.4 Å². The highest BCUT2D eigenvalue weighted by molar-refractivity contribution is 6.24. The molecule has 1 aliphatic heterocycles. The molecular formula is C28H23NO4. The van der Waals surface area contributed by atoms with Crippen LogP contribution < -0.4 is 4.90 Å². The molecule has 1 heterocycles. The maximum absolute atomic E-state index is 14.0. The fourth-order valence-electron chi connectivity index (χ4n) is 6.39. The van der Waals surface area contributed by atoms with Crippen LogP contribution in [-0.2, 0) is 19.7 Å². The van der Waals surface area contributed by atoms with E-state index in [2.05, 4.69) is 31.2 Å². The molecule has 0 spiro atoms. The second-order valence-electron chi connectivity index (χ2n) is 9.14. The molecule has 3 aromatic rings. The van der Waals surface area contributed by atoms with Crippen molar-refractivity contribution < 1.29 is 19.1 Å². The summed E-state index contributed by atoms with van der Waals surface area (Å²) in [6.45, 7) is 4.10. The van der Waals surface area contributed by atoms with Crippen LogP contribution in [0.25, 0.3) is 0 Å². The molecule has 3 aliphatic carbocycles. The molecule has 33 heavy (non-hydrogen) atoms. The highest BCUT2D eigenvalue weighted by Crippen LogP contribution is 2.64. The number of nitrogens with zero attached hydrogens (tertiary/aromatic N) is 1. The molecular weight excluding hydrogens is 414 g/mol. The monoisotopic (exact) mass is 437 g/mol. The van der Waals surface area contributed by atoms with Crippen molar-refractivity contribution in [2.24, 2.45) is 11.8 Å². The Bertz CT molecular complexity index is 1300. The summed E-state index contributed by atoms with van der Waals surface area (Å²) in [6.07, 6.45) is 0. The molecule has 1 fully saturated rings. The zero-order chi connectivity index (χ0) is 22.9. The number of amides is 2. The van der Waals surface area contributed by atoms with E-state index in [9.17, 15) is 14.4 Å². The first-order valence-corrected chi connectivity index (χ1v) is 11.3. The minimum atomic E-state index is -0.604. The van der Waals surface area contributed by atoms with E-state index in [1.54, 1.807) is 31.2 Å². The summed E-state index contributed by atoms with van der Waals surface area (Å²) in [5.41, 5.74) is 4.64. The van der Waals surface area contributed by atoms with E-state index >= 15 is 0 Å². The average molecular weight is 437 g/mol. The number of hydrogen-bond donors (Lipinski definition) is 0. The topological polar surface area (TPSA) is 63.7 Å². The van der Waals surface area contributed by atoms with Gasteiger partial charge in [0.15, 0.2) is 0 Å². The maximum Gasteiger partial charge on any atom is 0.338 e. The number of esters is 1. The zero-order valence-electron chi connectivity index (χ0n) is 18.4. The third-order valence-corrected chi connectivity index (χ3v) is 7.66. The average Bonchev–Trinajstić information content (AvgIpc) is 3.11. The van der Waals surface area contributed by atoms with Gasteiger partial charge in [-0.1, -0.05) is 61.5 Å². The number of ether oxygens (including phenoxy) is 1. The van der Waals surface area contributed by atoms with Crippen molar-refractivity contribution in [1.82, 2.24) is 0 Å². The van der Waals surface area contributed by atoms with Gasteiger partial charge >= 0.3 is 5.97 Å². The van der Waals surface area contributed by atoms with E-state index in [1.807, 2.05) is 24.3 Å². The fraction of sp³-hybridized carbons (Fsp3) is 0.250. The standard InChI is InChI=1S/C28H23NO4/c1-3-33-27(32)16-9-8-10-17(15-16)29-25(30)23-22-18-11-4-6-13-20(18)28(2,24(23)26(29)31)21-14-7-5-12-19(21)22/h4-15,22-24H,3H2,1-2H3/t22?,23-,24-,28?/m1/s1. The summed E-state index contributed by atoms with van der Waals surface area (Å²) < 4.78 is 5.11. The molecule has 4 aliphatic rings. The van der Waals surface area contributed by atoms with E-state index in [0.717, 1.165) is 22.3 Å². The largest absolute Gasteiger partial charge is 0.462 e. The SMILES string of the molecule is CCOC(=O)c1cccc(N2C(=O)[C@@H]3C4c5ccccc5C(C)(c5ccccc54)[C@H]3C2=O)c1. The van der Waals surface area contributed by atoms with E-state index in [0.29, 0.717) is 11.3 Å². The Hall–Kier alpha value is -3.73. The number of hydrogen-bond acceptors (Lipinski definition) is 4. The molecule has 3 aromatic carbocycles. The van der Waals surface area contributed by atoms with Crippen molar-refractivity contribution in [3.05, 3.63) is 101 Å². The van der Waals surface area contributed by atoms with Crippen LogP contribution in [0.15, 0.2) is 72.8 Å². The maximum atomic E-state index is 14.0. The van der Waals surface area contributed by atoms with Crippen LogP contribution in [0.1, 0.15) is 52.4 Å². The fourth-order valence-corrected chi connectivity index (χ4v) is 6.39. The Labute approximate surface area is 192 Å². The summed E-state index contributed by atoms with van der Waals surface area (Å²) in [5.74, 6) is -2.01. The lowest BCUT2D eigenvalue weighted by molar-refractivity contribution is -0.123. The molecule has 0 radical (unpaired) electrons. The van der Waals surface area contributed by atoms with Gasteiger partial charge in [-0.2, -0.15) is 0 Å². The summed E-state index contributed by atoms with van der Waals surface area (Å²) in [4.78, 5) is 41.4. The normalized spacial score (nSPS) is 26.6. The number of carbonyl (C=O) groups excluding carboxylic acids is 3. The lowest BCUT2D eigenvalue weighted by Gasteiger charge is -2.52. The van der Waals surface area contributed by atoms with Gasteiger partial charge in [0.25, 0.3) is 0 Å². The number of carbonyl (C=O) groups is 3. The third kappa shape index (κ3) is 2.45. The molecule has 2 bridgehead atoms. The summed E-state index contributed by atoms with van der Waals surface area (Å²) >= 11 is 0. The van der Waals surface area contributed by atoms with Gasteiger partial charge in [0, 0.05) is 11.3 Å². The van der Waals surface area contributed by atoms with Crippen LogP contribution >= 0.6 is 0 Å². The van der Waals surface area contributed by atoms with E-state index in [1.165, 1.54) is 4.90 Å². The molecule has 2 atom stereocenters. The zero-order valence-corrected chi connectivity index (χ0v) is 18.4. The van der Waals surface area contributed by atoms with Crippen molar-refractivity contribution in [2.45, 2.75) is 25.2 Å². The van der Waals surface area contributed by atoms with Gasteiger partial charge in [-0.25, -0.2) is 9.69 Å². The third-order valence-electron chi connectivity index (χ3n) is 7.66. The van der Waals surface area contributed by atoms with Crippen LogP contribution in [0.3, 0.4) is 0 Å². The first-order valence-electron chi connectivity index (χ1n) is 11.3. The summed E-state index contributed by atoms with van der Waals surface area (Å²) in [7, 11) is 0. The van der Waals surface area contributed by atoms with Crippen LogP contribution in [0.5, 0.6) is 0 Å². The van der Waals surface area contributed by atoms with E-state index in [-0.39, 0.29) is 24.3 Å². The van der Waals surface area contributed by atoms with Crippen LogP contribution in [0, 0.1) is 11.8 Å². The highest BCUT2D eigenvalue weighted by atomic mass is 16.5. The van der Waals surface area contributed by atoms with Gasteiger partial charge < -0.3 is 4.74 Å². The molecule has 5 heteroatoms. The molecule has 0 unspecified atom stereocenters. The second-order valence-corrected chi connectivity index (χ2v) is 9.14. The Morgan fingerprint density at radius 1 is 0.909 bits per heavy atom. The predicted octanol–water partition coefficient (Wildman–Crippen LogP) is 4.43. The van der Waals surface area contributed by atoms with Crippen LogP contribution in [0.2, 0.25) is 0 Å².